The Morgan fingerprint density at radius 3 is 2.62 bits per heavy atom. The number of nitrogens with zero attached hydrogens (tertiary/aromatic N) is 3. The molecule has 1 heterocycles. The highest BCUT2D eigenvalue weighted by Crippen LogP contribution is 2.31. The number of aromatic nitrogens is 1. The Morgan fingerprint density at radius 1 is 1.14 bits per heavy atom. The first-order valence-electron chi connectivity index (χ1n) is 8.57. The third kappa shape index (κ3) is 3.81. The molecule has 0 spiro atoms. The molecule has 4 rings (SSSR count). The van der Waals surface area contributed by atoms with Crippen LogP contribution in [0.2, 0.25) is 5.02 Å². The van der Waals surface area contributed by atoms with Crippen molar-refractivity contribution in [3.63, 3.8) is 0 Å². The number of hydrogen-bond acceptors (Lipinski definition) is 6. The summed E-state index contributed by atoms with van der Waals surface area (Å²) < 4.78 is 5.78. The van der Waals surface area contributed by atoms with Gasteiger partial charge in [0.15, 0.2) is 5.58 Å². The van der Waals surface area contributed by atoms with Crippen molar-refractivity contribution in [3.05, 3.63) is 80.9 Å². The zero-order chi connectivity index (χ0) is 20.5. The number of aliphatic imine (C=N–C) groups is 1. The van der Waals surface area contributed by atoms with E-state index in [2.05, 4.69) is 9.98 Å². The first-order chi connectivity index (χ1) is 13.9. The topological polar surface area (TPSA) is 105 Å². The van der Waals surface area contributed by atoms with Gasteiger partial charge in [-0.25, -0.2) is 4.98 Å². The Kier molecular flexibility index (Phi) is 4.74. The third-order valence-corrected chi connectivity index (χ3v) is 4.50. The van der Waals surface area contributed by atoms with Gasteiger partial charge in [-0.2, -0.15) is 0 Å². The van der Waals surface area contributed by atoms with Gasteiger partial charge in [-0.15, -0.1) is 0 Å². The average molecular weight is 407 g/mol. The van der Waals surface area contributed by atoms with E-state index in [0.717, 1.165) is 17.2 Å². The van der Waals surface area contributed by atoms with E-state index in [1.807, 2.05) is 31.2 Å². The predicted octanol–water partition coefficient (Wildman–Crippen LogP) is 5.19. The lowest BCUT2D eigenvalue weighted by Gasteiger charge is -2.10. The van der Waals surface area contributed by atoms with Crippen molar-refractivity contribution in [2.24, 2.45) is 4.99 Å². The number of nitro groups is 1. The van der Waals surface area contributed by atoms with Crippen LogP contribution in [-0.2, 0) is 0 Å². The van der Waals surface area contributed by atoms with Crippen molar-refractivity contribution >= 4 is 40.3 Å². The molecule has 0 aliphatic rings. The van der Waals surface area contributed by atoms with Gasteiger partial charge in [0.1, 0.15) is 5.52 Å². The summed E-state index contributed by atoms with van der Waals surface area (Å²) in [5, 5.41) is 23.2. The number of rotatable bonds is 4. The Bertz CT molecular complexity index is 1260. The largest absolute Gasteiger partial charge is 0.867 e. The van der Waals surface area contributed by atoms with E-state index in [9.17, 15) is 15.2 Å². The summed E-state index contributed by atoms with van der Waals surface area (Å²) in [5.74, 6) is -0.249. The highest BCUT2D eigenvalue weighted by molar-refractivity contribution is 6.31. The molecule has 0 aliphatic heterocycles. The molecule has 1 aromatic heterocycles. The maximum Gasteiger partial charge on any atom is 0.263 e. The second kappa shape index (κ2) is 7.37. The van der Waals surface area contributed by atoms with E-state index in [1.165, 1.54) is 12.3 Å². The molecule has 0 radical (unpaired) electrons. The molecule has 0 N–H and O–H groups in total. The quantitative estimate of drug-likeness (QED) is 0.263. The van der Waals surface area contributed by atoms with Gasteiger partial charge in [0.05, 0.1) is 10.6 Å². The van der Waals surface area contributed by atoms with E-state index in [-0.39, 0.29) is 10.6 Å². The number of benzene rings is 3. The fraction of sp³-hybridized carbons (Fsp3) is 0.0476. The minimum atomic E-state index is -0.764. The number of fused-ring (bicyclic) bond motifs is 1. The molecule has 3 aromatic carbocycles. The van der Waals surface area contributed by atoms with Crippen LogP contribution in [0, 0.1) is 17.0 Å². The summed E-state index contributed by atoms with van der Waals surface area (Å²) in [4.78, 5) is 18.9. The van der Waals surface area contributed by atoms with E-state index >= 15 is 0 Å². The maximum absolute atomic E-state index is 12.2. The molecule has 0 bridgehead atoms. The number of halogens is 1. The molecule has 29 heavy (non-hydrogen) atoms. The van der Waals surface area contributed by atoms with Crippen LogP contribution in [0.4, 0.5) is 11.4 Å². The van der Waals surface area contributed by atoms with E-state index in [4.69, 9.17) is 16.0 Å². The van der Waals surface area contributed by atoms with Crippen LogP contribution in [-0.4, -0.2) is 16.1 Å². The first-order valence-corrected chi connectivity index (χ1v) is 8.95. The first kappa shape index (κ1) is 18.6. The molecule has 0 aliphatic carbocycles. The monoisotopic (exact) mass is 406 g/mol. The smallest absolute Gasteiger partial charge is 0.263 e. The van der Waals surface area contributed by atoms with Crippen LogP contribution < -0.4 is 5.11 Å². The predicted molar refractivity (Wildman–Crippen MR) is 109 cm³/mol. The molecule has 0 unspecified atom stereocenters. The normalized spacial score (nSPS) is 11.4. The lowest BCUT2D eigenvalue weighted by atomic mass is 10.1. The summed E-state index contributed by atoms with van der Waals surface area (Å²) in [6.07, 6.45) is 1.25. The zero-order valence-electron chi connectivity index (χ0n) is 15.1. The van der Waals surface area contributed by atoms with Gasteiger partial charge in [-0.3, -0.25) is 15.1 Å². The van der Waals surface area contributed by atoms with Gasteiger partial charge in [0.2, 0.25) is 5.89 Å². The molecule has 0 saturated heterocycles. The highest BCUT2D eigenvalue weighted by Gasteiger charge is 2.12. The summed E-state index contributed by atoms with van der Waals surface area (Å²) in [7, 11) is 0. The minimum absolute atomic E-state index is 0.0322. The number of hydrogen-bond donors (Lipinski definition) is 0. The van der Waals surface area contributed by atoms with Crippen molar-refractivity contribution in [1.29, 1.82) is 0 Å². The van der Waals surface area contributed by atoms with Crippen LogP contribution in [0.3, 0.4) is 0 Å². The molecule has 0 fully saturated rings. The van der Waals surface area contributed by atoms with Crippen LogP contribution >= 0.6 is 11.6 Å². The van der Waals surface area contributed by atoms with Crippen LogP contribution in [0.25, 0.3) is 22.6 Å². The van der Waals surface area contributed by atoms with Gasteiger partial charge < -0.3 is 9.52 Å². The van der Waals surface area contributed by atoms with Gasteiger partial charge in [-0.1, -0.05) is 29.3 Å². The fourth-order valence-corrected chi connectivity index (χ4v) is 3.01. The highest BCUT2D eigenvalue weighted by atomic mass is 35.5. The van der Waals surface area contributed by atoms with Crippen molar-refractivity contribution < 1.29 is 14.4 Å². The van der Waals surface area contributed by atoms with Crippen molar-refractivity contribution in [1.82, 2.24) is 4.98 Å². The number of nitro benzene ring substituents is 1. The standard InChI is InChI=1S/C21H14ClN3O4/c1-12-2-4-13(5-3-12)21-24-17-10-16(6-7-19(17)29-21)23-11-14-8-15(22)9-18(20(14)26)25(27)28/h2-11,26H,1H3/p-1. The average Bonchev–Trinajstić information content (AvgIpc) is 3.12. The lowest BCUT2D eigenvalue weighted by Crippen LogP contribution is -2.02. The second-order valence-corrected chi connectivity index (χ2v) is 6.83. The molecular weight excluding hydrogens is 394 g/mol. The summed E-state index contributed by atoms with van der Waals surface area (Å²) >= 11 is 5.87. The Hall–Kier alpha value is -3.71. The van der Waals surface area contributed by atoms with Gasteiger partial charge in [-0.05, 0) is 54.6 Å². The summed E-state index contributed by atoms with van der Waals surface area (Å²) in [5.41, 5.74) is 3.17. The molecule has 144 valence electrons. The Morgan fingerprint density at radius 2 is 1.90 bits per heavy atom. The van der Waals surface area contributed by atoms with Crippen molar-refractivity contribution in [2.75, 3.05) is 0 Å². The molecule has 4 aromatic rings. The number of aryl methyl sites for hydroxylation is 1. The van der Waals surface area contributed by atoms with Gasteiger partial charge in [0.25, 0.3) is 5.69 Å². The molecule has 0 saturated carbocycles. The minimum Gasteiger partial charge on any atom is -0.867 e. The zero-order valence-corrected chi connectivity index (χ0v) is 15.9. The van der Waals surface area contributed by atoms with Crippen LogP contribution in [0.15, 0.2) is 64.0 Å². The Labute approximate surface area is 170 Å². The second-order valence-electron chi connectivity index (χ2n) is 6.40. The van der Waals surface area contributed by atoms with Gasteiger partial charge >= 0.3 is 0 Å². The van der Waals surface area contributed by atoms with Crippen molar-refractivity contribution in [2.45, 2.75) is 6.92 Å². The maximum atomic E-state index is 12.2. The van der Waals surface area contributed by atoms with E-state index in [0.29, 0.717) is 22.7 Å². The van der Waals surface area contributed by atoms with Gasteiger partial charge in [0, 0.05) is 22.9 Å². The third-order valence-electron chi connectivity index (χ3n) is 4.28. The fourth-order valence-electron chi connectivity index (χ4n) is 2.79. The Balaban J connectivity index is 1.67. The number of oxazole rings is 1. The van der Waals surface area contributed by atoms with Crippen LogP contribution in [0.5, 0.6) is 5.75 Å². The lowest BCUT2D eigenvalue weighted by molar-refractivity contribution is -0.398. The van der Waals surface area contributed by atoms with Crippen LogP contribution in [0.1, 0.15) is 11.1 Å². The molecule has 0 amide bonds. The molecule has 0 atom stereocenters. The summed E-state index contributed by atoms with van der Waals surface area (Å²) in [6, 6.07) is 15.3. The van der Waals surface area contributed by atoms with E-state index in [1.54, 1.807) is 18.2 Å². The summed E-state index contributed by atoms with van der Waals surface area (Å²) in [6.45, 7) is 2.00. The molecular formula is C21H13ClN3O4-. The molecule has 8 heteroatoms. The molecule has 7 nitrogen and oxygen atoms in total. The van der Waals surface area contributed by atoms with Crippen molar-refractivity contribution in [3.8, 4) is 17.2 Å². The SMILES string of the molecule is Cc1ccc(-c2nc3cc(N=Cc4cc(Cl)cc([N+](=O)[O-])c4[O-])ccc3o2)cc1. The van der Waals surface area contributed by atoms with E-state index < -0.39 is 16.4 Å².